The second-order valence-electron chi connectivity index (χ2n) is 7.26. The molecule has 27 heavy (non-hydrogen) atoms. The summed E-state index contributed by atoms with van der Waals surface area (Å²) in [6.45, 7) is 8.17. The van der Waals surface area contributed by atoms with E-state index in [0.717, 1.165) is 33.3 Å². The first-order valence-electron chi connectivity index (χ1n) is 8.84. The Morgan fingerprint density at radius 3 is 2.37 bits per heavy atom. The average molecular weight is 378 g/mol. The van der Waals surface area contributed by atoms with Gasteiger partial charge in [-0.25, -0.2) is 0 Å². The molecule has 136 valence electrons. The molecule has 0 aliphatic rings. The quantitative estimate of drug-likeness (QED) is 0.447. The summed E-state index contributed by atoms with van der Waals surface area (Å²) in [6, 6.07) is 15.8. The van der Waals surface area contributed by atoms with Gasteiger partial charge in [-0.2, -0.15) is 0 Å². The fraction of sp³-hybridized carbons (Fsp3) is 0.227. The van der Waals surface area contributed by atoms with Crippen molar-refractivity contribution in [3.8, 4) is 11.5 Å². The molecule has 2 aromatic carbocycles. The van der Waals surface area contributed by atoms with Crippen molar-refractivity contribution in [1.82, 2.24) is 15.2 Å². The number of hydrogen-bond acceptors (Lipinski definition) is 4. The molecule has 4 nitrogen and oxygen atoms in total. The van der Waals surface area contributed by atoms with Gasteiger partial charge in [0.15, 0.2) is 0 Å². The standard InChI is InChI=1S/C22H20ClN3O/c1-13-17-7-5-6-8-18(17)24-14(2)19(13)20-25-26-21(27-20)22(3,4)15-9-11-16(23)12-10-15/h5-12H,1-4H3. The normalized spacial score (nSPS) is 11.9. The third-order valence-corrected chi connectivity index (χ3v) is 5.32. The Balaban J connectivity index is 1.81. The molecular formula is C22H20ClN3O. The molecule has 0 spiro atoms. The molecule has 0 aliphatic carbocycles. The Kier molecular flexibility index (Phi) is 4.23. The highest BCUT2D eigenvalue weighted by Gasteiger charge is 2.30. The number of aromatic nitrogens is 3. The van der Waals surface area contributed by atoms with E-state index in [1.165, 1.54) is 0 Å². The largest absolute Gasteiger partial charge is 0.420 e. The molecule has 0 radical (unpaired) electrons. The summed E-state index contributed by atoms with van der Waals surface area (Å²) in [5.74, 6) is 1.06. The zero-order valence-electron chi connectivity index (χ0n) is 15.7. The number of fused-ring (bicyclic) bond motifs is 1. The first-order valence-corrected chi connectivity index (χ1v) is 9.22. The van der Waals surface area contributed by atoms with Crippen LogP contribution in [0.2, 0.25) is 5.02 Å². The van der Waals surface area contributed by atoms with Gasteiger partial charge in [0.1, 0.15) is 0 Å². The molecular weight excluding hydrogens is 358 g/mol. The Morgan fingerprint density at radius 2 is 1.63 bits per heavy atom. The van der Waals surface area contributed by atoms with Crippen LogP contribution in [0.15, 0.2) is 52.9 Å². The maximum absolute atomic E-state index is 6.13. The van der Waals surface area contributed by atoms with Crippen molar-refractivity contribution in [3.63, 3.8) is 0 Å². The number of para-hydroxylation sites is 1. The van der Waals surface area contributed by atoms with Crippen LogP contribution in [0, 0.1) is 13.8 Å². The molecule has 0 amide bonds. The molecule has 0 saturated carbocycles. The zero-order valence-corrected chi connectivity index (χ0v) is 16.5. The summed E-state index contributed by atoms with van der Waals surface area (Å²) in [5, 5.41) is 10.5. The first-order chi connectivity index (χ1) is 12.9. The topological polar surface area (TPSA) is 51.8 Å². The van der Waals surface area contributed by atoms with E-state index < -0.39 is 5.41 Å². The number of benzene rings is 2. The van der Waals surface area contributed by atoms with Gasteiger partial charge in [0.25, 0.3) is 0 Å². The predicted molar refractivity (Wildman–Crippen MR) is 108 cm³/mol. The SMILES string of the molecule is Cc1nc2ccccc2c(C)c1-c1nnc(C(C)(C)c2ccc(Cl)cc2)o1. The summed E-state index contributed by atoms with van der Waals surface area (Å²) in [6.07, 6.45) is 0. The first kappa shape index (κ1) is 17.7. The Hall–Kier alpha value is -2.72. The molecule has 4 aromatic rings. The third-order valence-electron chi connectivity index (χ3n) is 5.07. The number of nitrogens with zero attached hydrogens (tertiary/aromatic N) is 3. The molecule has 0 aliphatic heterocycles. The fourth-order valence-corrected chi connectivity index (χ4v) is 3.54. The van der Waals surface area contributed by atoms with Crippen LogP contribution in [0.25, 0.3) is 22.4 Å². The van der Waals surface area contributed by atoms with Gasteiger partial charge in [-0.15, -0.1) is 10.2 Å². The van der Waals surface area contributed by atoms with Gasteiger partial charge < -0.3 is 4.42 Å². The van der Waals surface area contributed by atoms with Gasteiger partial charge in [0.05, 0.1) is 22.2 Å². The molecule has 0 atom stereocenters. The van der Waals surface area contributed by atoms with Crippen molar-refractivity contribution >= 4 is 22.5 Å². The third kappa shape index (κ3) is 3.00. The van der Waals surface area contributed by atoms with Crippen molar-refractivity contribution in [1.29, 1.82) is 0 Å². The van der Waals surface area contributed by atoms with Crippen molar-refractivity contribution in [2.24, 2.45) is 0 Å². The molecule has 0 unspecified atom stereocenters. The van der Waals surface area contributed by atoms with Crippen molar-refractivity contribution < 1.29 is 4.42 Å². The molecule has 0 fully saturated rings. The van der Waals surface area contributed by atoms with E-state index in [1.807, 2.05) is 49.4 Å². The predicted octanol–water partition coefficient (Wildman–Crippen LogP) is 5.88. The van der Waals surface area contributed by atoms with Gasteiger partial charge in [0, 0.05) is 10.4 Å². The minimum atomic E-state index is -0.429. The second kappa shape index (κ2) is 6.46. The lowest BCUT2D eigenvalue weighted by molar-refractivity contribution is 0.420. The maximum atomic E-state index is 6.13. The fourth-order valence-electron chi connectivity index (χ4n) is 3.41. The minimum Gasteiger partial charge on any atom is -0.420 e. The molecule has 4 rings (SSSR count). The van der Waals surface area contributed by atoms with Crippen LogP contribution in [0.4, 0.5) is 0 Å². The second-order valence-corrected chi connectivity index (χ2v) is 7.70. The lowest BCUT2D eigenvalue weighted by Crippen LogP contribution is -2.19. The van der Waals surface area contributed by atoms with E-state index >= 15 is 0 Å². The van der Waals surface area contributed by atoms with Crippen molar-refractivity contribution in [3.05, 3.63) is 76.3 Å². The van der Waals surface area contributed by atoms with Crippen molar-refractivity contribution in [2.75, 3.05) is 0 Å². The summed E-state index contributed by atoms with van der Waals surface area (Å²) in [4.78, 5) is 4.71. The number of hydrogen-bond donors (Lipinski definition) is 0. The molecule has 2 heterocycles. The Morgan fingerprint density at radius 1 is 0.926 bits per heavy atom. The van der Waals surface area contributed by atoms with Crippen LogP contribution in [0.5, 0.6) is 0 Å². The van der Waals surface area contributed by atoms with Crippen LogP contribution in [0.3, 0.4) is 0 Å². The highest BCUT2D eigenvalue weighted by Crippen LogP contribution is 2.35. The Bertz CT molecular complexity index is 1130. The lowest BCUT2D eigenvalue weighted by Gasteiger charge is -2.20. The van der Waals surface area contributed by atoms with E-state index in [9.17, 15) is 0 Å². The molecule has 5 heteroatoms. The number of aryl methyl sites for hydroxylation is 2. The lowest BCUT2D eigenvalue weighted by atomic mass is 9.84. The van der Waals surface area contributed by atoms with Crippen LogP contribution in [-0.4, -0.2) is 15.2 Å². The number of rotatable bonds is 3. The maximum Gasteiger partial charge on any atom is 0.249 e. The van der Waals surface area contributed by atoms with E-state index in [1.54, 1.807) is 0 Å². The van der Waals surface area contributed by atoms with Gasteiger partial charge in [-0.1, -0.05) is 41.9 Å². The Labute approximate surface area is 163 Å². The highest BCUT2D eigenvalue weighted by atomic mass is 35.5. The highest BCUT2D eigenvalue weighted by molar-refractivity contribution is 6.30. The summed E-state index contributed by atoms with van der Waals surface area (Å²) in [7, 11) is 0. The number of halogens is 1. The van der Waals surface area contributed by atoms with Gasteiger partial charge in [-0.3, -0.25) is 4.98 Å². The average Bonchev–Trinajstić information content (AvgIpc) is 3.12. The van der Waals surface area contributed by atoms with E-state index in [0.29, 0.717) is 16.8 Å². The number of pyridine rings is 1. The van der Waals surface area contributed by atoms with Crippen molar-refractivity contribution in [2.45, 2.75) is 33.1 Å². The van der Waals surface area contributed by atoms with Crippen LogP contribution in [0.1, 0.15) is 36.6 Å². The summed E-state index contributed by atoms with van der Waals surface area (Å²) >= 11 is 6.02. The minimum absolute atomic E-state index is 0.429. The molecule has 0 saturated heterocycles. The smallest absolute Gasteiger partial charge is 0.249 e. The van der Waals surface area contributed by atoms with Gasteiger partial charge >= 0.3 is 0 Å². The zero-order chi connectivity index (χ0) is 19.2. The summed E-state index contributed by atoms with van der Waals surface area (Å²) < 4.78 is 6.13. The van der Waals surface area contributed by atoms with Crippen LogP contribution in [-0.2, 0) is 5.41 Å². The summed E-state index contributed by atoms with van der Waals surface area (Å²) in [5.41, 5.74) is 4.48. The van der Waals surface area contributed by atoms with E-state index in [2.05, 4.69) is 37.0 Å². The van der Waals surface area contributed by atoms with Gasteiger partial charge in [0.2, 0.25) is 11.8 Å². The van der Waals surface area contributed by atoms with Gasteiger partial charge in [-0.05, 0) is 57.0 Å². The molecule has 0 bridgehead atoms. The monoisotopic (exact) mass is 377 g/mol. The molecule has 2 aromatic heterocycles. The van der Waals surface area contributed by atoms with E-state index in [-0.39, 0.29) is 0 Å². The van der Waals surface area contributed by atoms with E-state index in [4.69, 9.17) is 21.0 Å². The van der Waals surface area contributed by atoms with Crippen LogP contribution < -0.4 is 0 Å². The molecule has 0 N–H and O–H groups in total. The van der Waals surface area contributed by atoms with Crippen LogP contribution >= 0.6 is 11.6 Å².